The molecule has 2 aromatic carbocycles. The van der Waals surface area contributed by atoms with E-state index in [0.717, 1.165) is 11.5 Å². The monoisotopic (exact) mass is 285 g/mol. The minimum absolute atomic E-state index is 0.0835. The molecule has 0 aliphatic carbocycles. The Morgan fingerprint density at radius 1 is 1.05 bits per heavy atom. The first kappa shape index (κ1) is 14.9. The third-order valence-corrected chi connectivity index (χ3v) is 2.97. The van der Waals surface area contributed by atoms with Gasteiger partial charge in [-0.1, -0.05) is 18.2 Å². The van der Waals surface area contributed by atoms with E-state index in [1.807, 2.05) is 49.4 Å². The van der Waals surface area contributed by atoms with E-state index in [1.54, 1.807) is 19.2 Å². The van der Waals surface area contributed by atoms with Gasteiger partial charge in [-0.2, -0.15) is 0 Å². The normalized spacial score (nSPS) is 11.5. The summed E-state index contributed by atoms with van der Waals surface area (Å²) in [6.45, 7) is 2.31. The van der Waals surface area contributed by atoms with Gasteiger partial charge in [0, 0.05) is 5.56 Å². The fraction of sp³-hybridized carbons (Fsp3) is 0.235. The number of hydrogen-bond donors (Lipinski definition) is 1. The number of carbonyl (C=O) groups is 1. The molecular formula is C17H19NO3. The van der Waals surface area contributed by atoms with Crippen molar-refractivity contribution in [2.24, 2.45) is 0 Å². The van der Waals surface area contributed by atoms with Gasteiger partial charge in [0.25, 0.3) is 5.91 Å². The predicted octanol–water partition coefficient (Wildman–Crippen LogP) is 2.89. The first-order valence-corrected chi connectivity index (χ1v) is 6.82. The van der Waals surface area contributed by atoms with Crippen LogP contribution in [0.5, 0.6) is 11.5 Å². The third kappa shape index (κ3) is 4.53. The van der Waals surface area contributed by atoms with Crippen LogP contribution in [0.1, 0.15) is 17.3 Å². The molecule has 0 radical (unpaired) electrons. The van der Waals surface area contributed by atoms with E-state index >= 15 is 0 Å². The maximum Gasteiger partial charge on any atom is 0.251 e. The number of ether oxygens (including phenoxy) is 2. The van der Waals surface area contributed by atoms with Crippen LogP contribution in [0.3, 0.4) is 0 Å². The van der Waals surface area contributed by atoms with E-state index in [9.17, 15) is 4.79 Å². The summed E-state index contributed by atoms with van der Waals surface area (Å²) in [5.41, 5.74) is 0.647. The van der Waals surface area contributed by atoms with Gasteiger partial charge in [-0.25, -0.2) is 0 Å². The van der Waals surface area contributed by atoms with Crippen molar-refractivity contribution < 1.29 is 14.3 Å². The molecule has 1 unspecified atom stereocenters. The van der Waals surface area contributed by atoms with Gasteiger partial charge in [-0.3, -0.25) is 4.79 Å². The molecular weight excluding hydrogens is 266 g/mol. The lowest BCUT2D eigenvalue weighted by atomic mass is 10.2. The highest BCUT2D eigenvalue weighted by molar-refractivity contribution is 5.94. The molecule has 4 nitrogen and oxygen atoms in total. The van der Waals surface area contributed by atoms with Gasteiger partial charge in [0.2, 0.25) is 0 Å². The van der Waals surface area contributed by atoms with Crippen molar-refractivity contribution in [3.8, 4) is 11.5 Å². The standard InChI is InChI=1S/C17H19NO3/c1-13(18-17(19)14-6-4-3-5-7-14)12-21-16-10-8-15(20-2)9-11-16/h3-11,13H,12H2,1-2H3,(H,18,19). The Bertz CT molecular complexity index is 566. The van der Waals surface area contributed by atoms with Gasteiger partial charge in [-0.05, 0) is 43.3 Å². The quantitative estimate of drug-likeness (QED) is 0.887. The lowest BCUT2D eigenvalue weighted by Crippen LogP contribution is -2.36. The van der Waals surface area contributed by atoms with Crippen molar-refractivity contribution >= 4 is 5.91 Å². The molecule has 2 rings (SSSR count). The van der Waals surface area contributed by atoms with Crippen LogP contribution in [0.15, 0.2) is 54.6 Å². The van der Waals surface area contributed by atoms with E-state index in [1.165, 1.54) is 0 Å². The maximum atomic E-state index is 12.0. The summed E-state index contributed by atoms with van der Waals surface area (Å²) in [5.74, 6) is 1.44. The topological polar surface area (TPSA) is 47.6 Å². The van der Waals surface area contributed by atoms with E-state index in [2.05, 4.69) is 5.32 Å². The van der Waals surface area contributed by atoms with E-state index in [0.29, 0.717) is 12.2 Å². The molecule has 21 heavy (non-hydrogen) atoms. The van der Waals surface area contributed by atoms with Crippen LogP contribution in [-0.4, -0.2) is 25.7 Å². The maximum absolute atomic E-state index is 12.0. The average Bonchev–Trinajstić information content (AvgIpc) is 2.54. The number of rotatable bonds is 6. The number of nitrogens with one attached hydrogen (secondary N) is 1. The summed E-state index contributed by atoms with van der Waals surface area (Å²) in [5, 5.41) is 2.90. The smallest absolute Gasteiger partial charge is 0.251 e. The van der Waals surface area contributed by atoms with Gasteiger partial charge in [0.1, 0.15) is 18.1 Å². The number of amides is 1. The van der Waals surface area contributed by atoms with Crippen LogP contribution in [0, 0.1) is 0 Å². The van der Waals surface area contributed by atoms with Crippen molar-refractivity contribution in [3.05, 3.63) is 60.2 Å². The van der Waals surface area contributed by atoms with Crippen LogP contribution in [0.25, 0.3) is 0 Å². The Hall–Kier alpha value is -2.49. The van der Waals surface area contributed by atoms with Gasteiger partial charge in [0.05, 0.1) is 13.2 Å². The zero-order valence-corrected chi connectivity index (χ0v) is 12.2. The number of hydrogen-bond acceptors (Lipinski definition) is 3. The highest BCUT2D eigenvalue weighted by Gasteiger charge is 2.09. The predicted molar refractivity (Wildman–Crippen MR) is 81.9 cm³/mol. The molecule has 0 saturated heterocycles. The van der Waals surface area contributed by atoms with Crippen LogP contribution in [-0.2, 0) is 0 Å². The first-order valence-electron chi connectivity index (χ1n) is 6.82. The Morgan fingerprint density at radius 3 is 2.29 bits per heavy atom. The van der Waals surface area contributed by atoms with E-state index < -0.39 is 0 Å². The molecule has 0 aliphatic rings. The summed E-state index contributed by atoms with van der Waals surface area (Å²) in [7, 11) is 1.62. The molecule has 0 heterocycles. The van der Waals surface area contributed by atoms with Crippen LogP contribution in [0.4, 0.5) is 0 Å². The summed E-state index contributed by atoms with van der Waals surface area (Å²) >= 11 is 0. The average molecular weight is 285 g/mol. The van der Waals surface area contributed by atoms with Crippen LogP contribution < -0.4 is 14.8 Å². The Balaban J connectivity index is 1.81. The van der Waals surface area contributed by atoms with Crippen LogP contribution >= 0.6 is 0 Å². The highest BCUT2D eigenvalue weighted by Crippen LogP contribution is 2.17. The van der Waals surface area contributed by atoms with Crippen molar-refractivity contribution in [2.75, 3.05) is 13.7 Å². The second-order valence-electron chi connectivity index (χ2n) is 4.73. The Kier molecular flexibility index (Phi) is 5.21. The molecule has 4 heteroatoms. The molecule has 1 N–H and O–H groups in total. The Labute approximate surface area is 124 Å². The minimum atomic E-state index is -0.0959. The molecule has 0 fully saturated rings. The second-order valence-corrected chi connectivity index (χ2v) is 4.73. The van der Waals surface area contributed by atoms with Gasteiger partial charge >= 0.3 is 0 Å². The zero-order chi connectivity index (χ0) is 15.1. The fourth-order valence-corrected chi connectivity index (χ4v) is 1.83. The SMILES string of the molecule is COc1ccc(OCC(C)NC(=O)c2ccccc2)cc1. The van der Waals surface area contributed by atoms with Crippen molar-refractivity contribution in [1.82, 2.24) is 5.32 Å². The summed E-state index contributed by atoms with van der Waals surface area (Å²) in [4.78, 5) is 12.0. The molecule has 0 spiro atoms. The summed E-state index contributed by atoms with van der Waals surface area (Å²) in [6.07, 6.45) is 0. The highest BCUT2D eigenvalue weighted by atomic mass is 16.5. The van der Waals surface area contributed by atoms with Gasteiger partial charge < -0.3 is 14.8 Å². The zero-order valence-electron chi connectivity index (χ0n) is 12.2. The van der Waals surface area contributed by atoms with Crippen molar-refractivity contribution in [3.63, 3.8) is 0 Å². The largest absolute Gasteiger partial charge is 0.497 e. The summed E-state index contributed by atoms with van der Waals surface area (Å²) in [6, 6.07) is 16.4. The van der Waals surface area contributed by atoms with Crippen molar-refractivity contribution in [2.45, 2.75) is 13.0 Å². The molecule has 2 aromatic rings. The first-order chi connectivity index (χ1) is 10.2. The lowest BCUT2D eigenvalue weighted by Gasteiger charge is -2.15. The molecule has 1 amide bonds. The molecule has 110 valence electrons. The fourth-order valence-electron chi connectivity index (χ4n) is 1.83. The number of carbonyl (C=O) groups excluding carboxylic acids is 1. The Morgan fingerprint density at radius 2 is 1.67 bits per heavy atom. The summed E-state index contributed by atoms with van der Waals surface area (Å²) < 4.78 is 10.7. The second kappa shape index (κ2) is 7.33. The van der Waals surface area contributed by atoms with E-state index in [-0.39, 0.29) is 11.9 Å². The number of methoxy groups -OCH3 is 1. The van der Waals surface area contributed by atoms with Crippen molar-refractivity contribution in [1.29, 1.82) is 0 Å². The lowest BCUT2D eigenvalue weighted by molar-refractivity contribution is 0.0926. The minimum Gasteiger partial charge on any atom is -0.497 e. The van der Waals surface area contributed by atoms with Crippen LogP contribution in [0.2, 0.25) is 0 Å². The number of benzene rings is 2. The molecule has 0 aromatic heterocycles. The molecule has 0 bridgehead atoms. The molecule has 0 aliphatic heterocycles. The molecule has 0 saturated carbocycles. The van der Waals surface area contributed by atoms with E-state index in [4.69, 9.17) is 9.47 Å². The third-order valence-electron chi connectivity index (χ3n) is 2.97. The van der Waals surface area contributed by atoms with Gasteiger partial charge in [-0.15, -0.1) is 0 Å². The van der Waals surface area contributed by atoms with Gasteiger partial charge in [0.15, 0.2) is 0 Å². The molecule has 1 atom stereocenters.